The molecule has 0 radical (unpaired) electrons. The van der Waals surface area contributed by atoms with Crippen LogP contribution < -0.4 is 11.1 Å². The van der Waals surface area contributed by atoms with Crippen LogP contribution in [0, 0.1) is 11.3 Å². The molecule has 0 saturated carbocycles. The fourth-order valence-corrected chi connectivity index (χ4v) is 2.30. The van der Waals surface area contributed by atoms with Crippen molar-refractivity contribution < 1.29 is 13.6 Å². The number of halogens is 2. The average Bonchev–Trinajstić information content (AvgIpc) is 2.62. The molecule has 1 heterocycles. The number of Topliss-reactive ketones (excluding diaryl/α,β-unsaturated/α-hetero) is 1. The quantitative estimate of drug-likeness (QED) is 0.796. The average molecular weight is 259 g/mol. The Balaban J connectivity index is 3.06. The highest BCUT2D eigenvalue weighted by Gasteiger charge is 2.20. The van der Waals surface area contributed by atoms with E-state index in [9.17, 15) is 13.6 Å². The van der Waals surface area contributed by atoms with Crippen LogP contribution in [0.1, 0.15) is 28.6 Å². The van der Waals surface area contributed by atoms with Crippen LogP contribution in [0.4, 0.5) is 19.5 Å². The monoisotopic (exact) mass is 259 g/mol. The first-order valence-corrected chi connectivity index (χ1v) is 5.70. The number of nitrogen functional groups attached to an aromatic ring is 1. The molecule has 0 saturated heterocycles. The number of anilines is 2. The minimum Gasteiger partial charge on any atom is -0.396 e. The molecule has 3 N–H and O–H groups in total. The number of carbonyl (C=O) groups is 1. The maximum absolute atomic E-state index is 12.0. The first kappa shape index (κ1) is 13.4. The van der Waals surface area contributed by atoms with Crippen molar-refractivity contribution in [1.82, 2.24) is 0 Å². The van der Waals surface area contributed by atoms with Gasteiger partial charge in [-0.15, -0.1) is 11.3 Å². The minimum absolute atomic E-state index is 0.0625. The number of nitriles is 1. The molecular formula is C10H11F2N3OS. The van der Waals surface area contributed by atoms with Gasteiger partial charge < -0.3 is 11.1 Å². The van der Waals surface area contributed by atoms with Crippen LogP contribution in [0.3, 0.4) is 0 Å². The van der Waals surface area contributed by atoms with E-state index in [1.807, 2.05) is 6.07 Å². The summed E-state index contributed by atoms with van der Waals surface area (Å²) in [4.78, 5) is 11.7. The number of carbonyl (C=O) groups excluding carboxylic acids is 1. The van der Waals surface area contributed by atoms with Gasteiger partial charge in [-0.05, 0) is 0 Å². The molecule has 0 spiro atoms. The zero-order valence-electron chi connectivity index (χ0n) is 9.09. The number of ketones is 1. The van der Waals surface area contributed by atoms with Crippen LogP contribution in [0.2, 0.25) is 0 Å². The molecule has 0 aliphatic heterocycles. The number of nitrogens with zero attached hydrogens (tertiary/aromatic N) is 1. The first-order chi connectivity index (χ1) is 8.01. The third-order valence-corrected chi connectivity index (χ3v) is 3.25. The van der Waals surface area contributed by atoms with E-state index in [1.54, 1.807) is 6.92 Å². The highest BCUT2D eigenvalue weighted by Crippen LogP contribution is 2.35. The predicted octanol–water partition coefficient (Wildman–Crippen LogP) is 2.47. The number of alkyl halides is 2. The van der Waals surface area contributed by atoms with Crippen molar-refractivity contribution in [3.05, 3.63) is 10.4 Å². The summed E-state index contributed by atoms with van der Waals surface area (Å²) in [5.74, 6) is -0.200. The van der Waals surface area contributed by atoms with Gasteiger partial charge in [-0.2, -0.15) is 5.26 Å². The van der Waals surface area contributed by atoms with Gasteiger partial charge in [0.05, 0.1) is 17.1 Å². The van der Waals surface area contributed by atoms with Crippen LogP contribution >= 0.6 is 11.3 Å². The van der Waals surface area contributed by atoms with E-state index in [1.165, 1.54) is 0 Å². The van der Waals surface area contributed by atoms with E-state index in [2.05, 4.69) is 5.32 Å². The van der Waals surface area contributed by atoms with Gasteiger partial charge >= 0.3 is 0 Å². The molecular weight excluding hydrogens is 248 g/mol. The zero-order chi connectivity index (χ0) is 13.0. The SMILES string of the molecule is CCC(=O)c1sc(NCC(F)F)c(C#N)c1N. The number of nitrogens with one attached hydrogen (secondary N) is 1. The van der Waals surface area contributed by atoms with Crippen molar-refractivity contribution in [2.45, 2.75) is 19.8 Å². The Kier molecular flexibility index (Phi) is 4.40. The molecule has 1 aromatic rings. The van der Waals surface area contributed by atoms with E-state index < -0.39 is 13.0 Å². The molecule has 4 nitrogen and oxygen atoms in total. The fraction of sp³-hybridized carbons (Fsp3) is 0.400. The largest absolute Gasteiger partial charge is 0.396 e. The van der Waals surface area contributed by atoms with Gasteiger partial charge in [0, 0.05) is 6.42 Å². The van der Waals surface area contributed by atoms with Crippen molar-refractivity contribution in [1.29, 1.82) is 5.26 Å². The molecule has 1 aromatic heterocycles. The summed E-state index contributed by atoms with van der Waals surface area (Å²) >= 11 is 0.944. The Morgan fingerprint density at radius 3 is 2.76 bits per heavy atom. The number of nitrogens with two attached hydrogens (primary N) is 1. The van der Waals surface area contributed by atoms with E-state index >= 15 is 0 Å². The second kappa shape index (κ2) is 5.59. The molecule has 0 aromatic carbocycles. The van der Waals surface area contributed by atoms with Gasteiger partial charge in [0.2, 0.25) is 0 Å². The lowest BCUT2D eigenvalue weighted by Gasteiger charge is -2.02. The Morgan fingerprint density at radius 1 is 1.65 bits per heavy atom. The topological polar surface area (TPSA) is 78.9 Å². The second-order valence-corrected chi connectivity index (χ2v) is 4.23. The highest BCUT2D eigenvalue weighted by atomic mass is 32.1. The van der Waals surface area contributed by atoms with Crippen LogP contribution in [-0.4, -0.2) is 18.8 Å². The van der Waals surface area contributed by atoms with Gasteiger partial charge in [-0.25, -0.2) is 8.78 Å². The fourth-order valence-electron chi connectivity index (χ4n) is 1.22. The van der Waals surface area contributed by atoms with Gasteiger partial charge in [-0.1, -0.05) is 6.92 Å². The Hall–Kier alpha value is -1.68. The lowest BCUT2D eigenvalue weighted by Crippen LogP contribution is -2.09. The van der Waals surface area contributed by atoms with E-state index in [0.717, 1.165) is 11.3 Å². The molecule has 0 unspecified atom stereocenters. The maximum Gasteiger partial charge on any atom is 0.255 e. The van der Waals surface area contributed by atoms with Crippen molar-refractivity contribution in [3.63, 3.8) is 0 Å². The van der Waals surface area contributed by atoms with Crippen molar-refractivity contribution in [2.24, 2.45) is 0 Å². The third-order valence-electron chi connectivity index (χ3n) is 2.05. The van der Waals surface area contributed by atoms with Gasteiger partial charge in [0.1, 0.15) is 16.6 Å². The summed E-state index contributed by atoms with van der Waals surface area (Å²) in [7, 11) is 0. The van der Waals surface area contributed by atoms with Crippen LogP contribution in [0.5, 0.6) is 0 Å². The molecule has 17 heavy (non-hydrogen) atoms. The summed E-state index contributed by atoms with van der Waals surface area (Å²) in [5, 5.41) is 11.5. The number of hydrogen-bond donors (Lipinski definition) is 2. The predicted molar refractivity (Wildman–Crippen MR) is 62.6 cm³/mol. The zero-order valence-corrected chi connectivity index (χ0v) is 9.91. The van der Waals surface area contributed by atoms with Crippen molar-refractivity contribution in [3.8, 4) is 6.07 Å². The first-order valence-electron chi connectivity index (χ1n) is 4.88. The molecule has 0 aliphatic rings. The summed E-state index contributed by atoms with van der Waals surface area (Å²) < 4.78 is 24.1. The molecule has 1 rings (SSSR count). The van der Waals surface area contributed by atoms with Gasteiger partial charge in [0.15, 0.2) is 5.78 Å². The summed E-state index contributed by atoms with van der Waals surface area (Å²) in [6, 6.07) is 1.81. The molecule has 0 aliphatic carbocycles. The number of hydrogen-bond acceptors (Lipinski definition) is 5. The molecule has 0 bridgehead atoms. The van der Waals surface area contributed by atoms with E-state index in [0.29, 0.717) is 0 Å². The van der Waals surface area contributed by atoms with Crippen molar-refractivity contribution >= 4 is 27.8 Å². The number of thiophene rings is 1. The van der Waals surface area contributed by atoms with Gasteiger partial charge in [-0.3, -0.25) is 4.79 Å². The molecule has 0 fully saturated rings. The highest BCUT2D eigenvalue weighted by molar-refractivity contribution is 7.19. The second-order valence-electron chi connectivity index (χ2n) is 3.21. The van der Waals surface area contributed by atoms with E-state index in [-0.39, 0.29) is 33.3 Å². The Bertz CT molecular complexity index is 465. The molecule has 0 amide bonds. The Labute approximate surface area is 101 Å². The normalized spacial score (nSPS) is 10.3. The lowest BCUT2D eigenvalue weighted by atomic mass is 10.2. The lowest BCUT2D eigenvalue weighted by molar-refractivity contribution is 0.0992. The van der Waals surface area contributed by atoms with Crippen molar-refractivity contribution in [2.75, 3.05) is 17.6 Å². The van der Waals surface area contributed by atoms with Gasteiger partial charge in [0.25, 0.3) is 6.43 Å². The summed E-state index contributed by atoms with van der Waals surface area (Å²) in [5.41, 5.74) is 5.77. The van der Waals surface area contributed by atoms with E-state index in [4.69, 9.17) is 11.0 Å². The van der Waals surface area contributed by atoms with Crippen LogP contribution in [-0.2, 0) is 0 Å². The minimum atomic E-state index is -2.53. The molecule has 0 atom stereocenters. The third kappa shape index (κ3) is 2.91. The molecule has 92 valence electrons. The molecule has 7 heteroatoms. The summed E-state index contributed by atoms with van der Waals surface area (Å²) in [6.07, 6.45) is -2.28. The van der Waals surface area contributed by atoms with Crippen LogP contribution in [0.15, 0.2) is 0 Å². The van der Waals surface area contributed by atoms with Crippen LogP contribution in [0.25, 0.3) is 0 Å². The summed E-state index contributed by atoms with van der Waals surface area (Å²) in [6.45, 7) is 1.09. The smallest absolute Gasteiger partial charge is 0.255 e. The maximum atomic E-state index is 12.0. The number of rotatable bonds is 5. The Morgan fingerprint density at radius 2 is 2.29 bits per heavy atom. The standard InChI is InChI=1S/C10H11F2N3OS/c1-2-6(16)9-8(14)5(3-13)10(17-9)15-4-7(11)12/h7,15H,2,4,14H2,1H3.